The topological polar surface area (TPSA) is 66.8 Å². The molecule has 0 aromatic heterocycles. The number of aliphatic carboxylic acids is 1. The van der Waals surface area contributed by atoms with Gasteiger partial charge >= 0.3 is 5.97 Å². The Kier molecular flexibility index (Phi) is 5.22. The number of carbonyl (C=O) groups is 2. The van der Waals surface area contributed by atoms with E-state index in [-0.39, 0.29) is 18.4 Å². The van der Waals surface area contributed by atoms with Crippen molar-refractivity contribution in [2.24, 2.45) is 5.92 Å². The van der Waals surface area contributed by atoms with Gasteiger partial charge in [-0.15, -0.1) is 0 Å². The molecule has 1 N–H and O–H groups in total. The van der Waals surface area contributed by atoms with Gasteiger partial charge in [0.2, 0.25) is 0 Å². The highest BCUT2D eigenvalue weighted by atomic mass is 79.9. The SMILES string of the molecule is CC1CCCN(C(=O)COc2cccc(Br)c2)C1C(=O)O. The number of hydrogen-bond acceptors (Lipinski definition) is 3. The van der Waals surface area contributed by atoms with E-state index in [2.05, 4.69) is 15.9 Å². The van der Waals surface area contributed by atoms with Gasteiger partial charge in [-0.3, -0.25) is 4.79 Å². The third-order valence-corrected chi connectivity index (χ3v) is 4.16. The first-order valence-corrected chi connectivity index (χ1v) is 7.69. The van der Waals surface area contributed by atoms with Crippen molar-refractivity contribution >= 4 is 27.8 Å². The highest BCUT2D eigenvalue weighted by molar-refractivity contribution is 9.10. The largest absolute Gasteiger partial charge is 0.484 e. The lowest BCUT2D eigenvalue weighted by Gasteiger charge is -2.37. The summed E-state index contributed by atoms with van der Waals surface area (Å²) in [5.74, 6) is -0.687. The predicted octanol–water partition coefficient (Wildman–Crippen LogP) is 2.54. The maximum atomic E-state index is 12.2. The van der Waals surface area contributed by atoms with Crippen LogP contribution in [0, 0.1) is 5.92 Å². The highest BCUT2D eigenvalue weighted by Gasteiger charge is 2.36. The minimum absolute atomic E-state index is 0.0360. The summed E-state index contributed by atoms with van der Waals surface area (Å²) in [7, 11) is 0. The Bertz CT molecular complexity index is 534. The minimum Gasteiger partial charge on any atom is -0.484 e. The number of ether oxygens (including phenoxy) is 1. The van der Waals surface area contributed by atoms with E-state index in [1.165, 1.54) is 4.90 Å². The number of hydrogen-bond donors (Lipinski definition) is 1. The van der Waals surface area contributed by atoms with Gasteiger partial charge in [-0.25, -0.2) is 4.79 Å². The standard InChI is InChI=1S/C15H18BrNO4/c1-10-4-3-7-17(14(10)15(19)20)13(18)9-21-12-6-2-5-11(16)8-12/h2,5-6,8,10,14H,3-4,7,9H2,1H3,(H,19,20). The van der Waals surface area contributed by atoms with Crippen LogP contribution >= 0.6 is 15.9 Å². The third kappa shape index (κ3) is 3.97. The predicted molar refractivity (Wildman–Crippen MR) is 81.2 cm³/mol. The van der Waals surface area contributed by atoms with E-state index in [1.807, 2.05) is 19.1 Å². The van der Waals surface area contributed by atoms with Crippen LogP contribution in [0.25, 0.3) is 0 Å². The molecule has 0 spiro atoms. The summed E-state index contributed by atoms with van der Waals surface area (Å²) < 4.78 is 6.31. The number of carbonyl (C=O) groups excluding carboxylic acids is 1. The Morgan fingerprint density at radius 1 is 1.48 bits per heavy atom. The molecular weight excluding hydrogens is 338 g/mol. The van der Waals surface area contributed by atoms with Crippen molar-refractivity contribution in [3.8, 4) is 5.75 Å². The highest BCUT2D eigenvalue weighted by Crippen LogP contribution is 2.24. The van der Waals surface area contributed by atoms with Crippen LogP contribution in [-0.2, 0) is 9.59 Å². The average Bonchev–Trinajstić information content (AvgIpc) is 2.44. The van der Waals surface area contributed by atoms with Gasteiger partial charge in [0.15, 0.2) is 6.61 Å². The first-order valence-electron chi connectivity index (χ1n) is 6.89. The third-order valence-electron chi connectivity index (χ3n) is 3.67. The lowest BCUT2D eigenvalue weighted by molar-refractivity contribution is -0.155. The van der Waals surface area contributed by atoms with Crippen LogP contribution in [0.2, 0.25) is 0 Å². The number of rotatable bonds is 4. The molecule has 0 bridgehead atoms. The summed E-state index contributed by atoms with van der Waals surface area (Å²) >= 11 is 3.33. The number of carboxylic acids is 1. The molecule has 2 atom stereocenters. The van der Waals surface area contributed by atoms with Crippen molar-refractivity contribution in [1.82, 2.24) is 4.90 Å². The number of halogens is 1. The molecule has 0 radical (unpaired) electrons. The molecular formula is C15H18BrNO4. The Morgan fingerprint density at radius 3 is 2.90 bits per heavy atom. The molecule has 1 aromatic carbocycles. The molecule has 1 aromatic rings. The van der Waals surface area contributed by atoms with E-state index in [0.717, 1.165) is 17.3 Å². The van der Waals surface area contributed by atoms with Crippen molar-refractivity contribution in [2.45, 2.75) is 25.8 Å². The second-order valence-corrected chi connectivity index (χ2v) is 6.15. The van der Waals surface area contributed by atoms with Crippen LogP contribution in [0.3, 0.4) is 0 Å². The van der Waals surface area contributed by atoms with Gasteiger partial charge in [0.05, 0.1) is 0 Å². The van der Waals surface area contributed by atoms with Gasteiger partial charge < -0.3 is 14.7 Å². The lowest BCUT2D eigenvalue weighted by Crippen LogP contribution is -2.53. The maximum Gasteiger partial charge on any atom is 0.326 e. The molecule has 0 aliphatic carbocycles. The summed E-state index contributed by atoms with van der Waals surface area (Å²) in [5, 5.41) is 9.31. The lowest BCUT2D eigenvalue weighted by atomic mass is 9.91. The number of piperidine rings is 1. The Hall–Kier alpha value is -1.56. The van der Waals surface area contributed by atoms with E-state index in [9.17, 15) is 14.7 Å². The second-order valence-electron chi connectivity index (χ2n) is 5.24. The number of amides is 1. The number of carboxylic acid groups (broad SMARTS) is 1. The van der Waals surface area contributed by atoms with Gasteiger partial charge in [-0.2, -0.15) is 0 Å². The zero-order valence-corrected chi connectivity index (χ0v) is 13.4. The monoisotopic (exact) mass is 355 g/mol. The summed E-state index contributed by atoms with van der Waals surface area (Å²) in [6.45, 7) is 2.20. The molecule has 2 rings (SSSR count). The molecule has 2 unspecified atom stereocenters. The van der Waals surface area contributed by atoms with Crippen molar-refractivity contribution in [3.63, 3.8) is 0 Å². The molecule has 5 nitrogen and oxygen atoms in total. The minimum atomic E-state index is -0.946. The molecule has 0 saturated carbocycles. The van der Waals surface area contributed by atoms with E-state index >= 15 is 0 Å². The van der Waals surface area contributed by atoms with Gasteiger partial charge in [0, 0.05) is 11.0 Å². The molecule has 21 heavy (non-hydrogen) atoms. The number of nitrogens with zero attached hydrogens (tertiary/aromatic N) is 1. The molecule has 1 aliphatic rings. The van der Waals surface area contributed by atoms with Crippen LogP contribution in [0.4, 0.5) is 0 Å². The van der Waals surface area contributed by atoms with Crippen molar-refractivity contribution in [1.29, 1.82) is 0 Å². The maximum absolute atomic E-state index is 12.2. The first-order chi connectivity index (χ1) is 9.99. The Labute approximate surface area is 132 Å². The van der Waals surface area contributed by atoms with Crippen molar-refractivity contribution in [2.75, 3.05) is 13.2 Å². The van der Waals surface area contributed by atoms with E-state index < -0.39 is 12.0 Å². The van der Waals surface area contributed by atoms with Crippen LogP contribution in [0.5, 0.6) is 5.75 Å². The first kappa shape index (κ1) is 15.8. The summed E-state index contributed by atoms with van der Waals surface area (Å²) in [4.78, 5) is 25.0. The zero-order chi connectivity index (χ0) is 15.4. The molecule has 6 heteroatoms. The quantitative estimate of drug-likeness (QED) is 0.900. The summed E-state index contributed by atoms with van der Waals surface area (Å²) in [6.07, 6.45) is 1.65. The van der Waals surface area contributed by atoms with Gasteiger partial charge in [0.1, 0.15) is 11.8 Å². The van der Waals surface area contributed by atoms with Crippen molar-refractivity contribution < 1.29 is 19.4 Å². The van der Waals surface area contributed by atoms with Crippen LogP contribution in [0.1, 0.15) is 19.8 Å². The fraction of sp³-hybridized carbons (Fsp3) is 0.467. The van der Waals surface area contributed by atoms with Gasteiger partial charge in [-0.1, -0.05) is 28.9 Å². The fourth-order valence-corrected chi connectivity index (χ4v) is 3.01. The Balaban J connectivity index is 2.00. The van der Waals surface area contributed by atoms with E-state index in [0.29, 0.717) is 12.3 Å². The number of benzene rings is 1. The fourth-order valence-electron chi connectivity index (χ4n) is 2.63. The molecule has 1 aliphatic heterocycles. The molecule has 1 fully saturated rings. The summed E-state index contributed by atoms with van der Waals surface area (Å²) in [6, 6.07) is 6.44. The van der Waals surface area contributed by atoms with Gasteiger partial charge in [-0.05, 0) is 37.0 Å². The second kappa shape index (κ2) is 6.93. The molecule has 1 amide bonds. The Morgan fingerprint density at radius 2 is 2.24 bits per heavy atom. The molecule has 1 saturated heterocycles. The summed E-state index contributed by atoms with van der Waals surface area (Å²) in [5.41, 5.74) is 0. The molecule has 1 heterocycles. The number of likely N-dealkylation sites (tertiary alicyclic amines) is 1. The van der Waals surface area contributed by atoms with Gasteiger partial charge in [0.25, 0.3) is 5.91 Å². The molecule has 114 valence electrons. The van der Waals surface area contributed by atoms with Crippen LogP contribution < -0.4 is 4.74 Å². The van der Waals surface area contributed by atoms with E-state index in [4.69, 9.17) is 4.74 Å². The smallest absolute Gasteiger partial charge is 0.326 e. The normalized spacial score (nSPS) is 21.9. The van der Waals surface area contributed by atoms with Crippen LogP contribution in [-0.4, -0.2) is 41.1 Å². The van der Waals surface area contributed by atoms with Crippen molar-refractivity contribution in [3.05, 3.63) is 28.7 Å². The van der Waals surface area contributed by atoms with Crippen LogP contribution in [0.15, 0.2) is 28.7 Å². The average molecular weight is 356 g/mol. The zero-order valence-electron chi connectivity index (χ0n) is 11.8. The van der Waals surface area contributed by atoms with E-state index in [1.54, 1.807) is 12.1 Å².